The first kappa shape index (κ1) is 88.7. The third kappa shape index (κ3) is 39.6. The lowest BCUT2D eigenvalue weighted by molar-refractivity contribution is -0.379. The van der Waals surface area contributed by atoms with Crippen LogP contribution in [0.15, 0.2) is 60.8 Å². The summed E-state index contributed by atoms with van der Waals surface area (Å²) in [5.41, 5.74) is 0. The summed E-state index contributed by atoms with van der Waals surface area (Å²) in [5.74, 6) is -0.283. The number of rotatable bonds is 61. The quantitative estimate of drug-likeness (QED) is 0.0199. The molecule has 17 unspecified atom stereocenters. The van der Waals surface area contributed by atoms with Crippen LogP contribution in [-0.2, 0) is 33.2 Å². The molecule has 19 nitrogen and oxygen atoms in total. The molecular formula is C78H141NO18. The van der Waals surface area contributed by atoms with Gasteiger partial charge in [-0.3, -0.25) is 4.79 Å². The van der Waals surface area contributed by atoms with Crippen LogP contribution in [-0.4, -0.2) is 193 Å². The zero-order chi connectivity index (χ0) is 70.4. The van der Waals surface area contributed by atoms with Crippen LogP contribution in [0.3, 0.4) is 0 Å². The van der Waals surface area contributed by atoms with Crippen molar-refractivity contribution in [3.8, 4) is 0 Å². The molecule has 19 heteroatoms. The molecule has 0 aliphatic carbocycles. The van der Waals surface area contributed by atoms with Crippen molar-refractivity contribution < 1.29 is 89.4 Å². The summed E-state index contributed by atoms with van der Waals surface area (Å²) in [6.45, 7) is 1.73. The summed E-state index contributed by atoms with van der Waals surface area (Å²) in [7, 11) is 0. The van der Waals surface area contributed by atoms with Crippen LogP contribution in [0.2, 0.25) is 0 Å². The van der Waals surface area contributed by atoms with E-state index in [1.54, 1.807) is 6.08 Å². The average Bonchev–Trinajstić information content (AvgIpc) is 0.845. The fourth-order valence-corrected chi connectivity index (χ4v) is 13.0. The lowest BCUT2D eigenvalue weighted by atomic mass is 9.96. The molecule has 3 rings (SSSR count). The maximum atomic E-state index is 13.5. The molecule has 0 saturated carbocycles. The Morgan fingerprint density at radius 3 is 1.10 bits per heavy atom. The SMILES string of the molecule is CCCCCCC/C=C\C/C=C\C/C=C\CCCCCCCCCCCCCCCCCCCCC(=O)NC(COC1OC(CO)C(OC2OC(CO)C(OC3OC(CO)C(O)C(O)C3O)C(O)C2O)C(O)C1O)C(O)/C=C/CC/C=C/CCCCCCCCCCCCCCC. The number of hydrogen-bond acceptors (Lipinski definition) is 18. The van der Waals surface area contributed by atoms with Gasteiger partial charge in [0.05, 0.1) is 38.6 Å². The van der Waals surface area contributed by atoms with Gasteiger partial charge in [-0.1, -0.05) is 280 Å². The Kier molecular flexibility index (Phi) is 53.9. The normalized spacial score (nSPS) is 27.2. The third-order valence-corrected chi connectivity index (χ3v) is 19.3. The highest BCUT2D eigenvalue weighted by Crippen LogP contribution is 2.33. The van der Waals surface area contributed by atoms with E-state index in [1.165, 1.54) is 212 Å². The summed E-state index contributed by atoms with van der Waals surface area (Å²) in [5, 5.41) is 121. The third-order valence-electron chi connectivity index (χ3n) is 19.3. The van der Waals surface area contributed by atoms with E-state index in [-0.39, 0.29) is 18.9 Å². The second-order valence-electron chi connectivity index (χ2n) is 27.8. The summed E-state index contributed by atoms with van der Waals surface area (Å²) in [4.78, 5) is 13.5. The van der Waals surface area contributed by atoms with E-state index in [9.17, 15) is 61.0 Å². The molecular weight excluding hydrogens is 1240 g/mol. The van der Waals surface area contributed by atoms with Crippen molar-refractivity contribution in [1.82, 2.24) is 5.32 Å². The van der Waals surface area contributed by atoms with Crippen LogP contribution in [0.25, 0.3) is 0 Å². The number of allylic oxidation sites excluding steroid dienone is 9. The predicted octanol–water partition coefficient (Wildman–Crippen LogP) is 12.3. The molecule has 0 aromatic heterocycles. The highest BCUT2D eigenvalue weighted by molar-refractivity contribution is 5.76. The van der Waals surface area contributed by atoms with Crippen LogP contribution in [0.1, 0.15) is 296 Å². The second kappa shape index (κ2) is 58.9. The fraction of sp³-hybridized carbons (Fsp3) is 0.859. The van der Waals surface area contributed by atoms with Crippen LogP contribution in [0, 0.1) is 0 Å². The van der Waals surface area contributed by atoms with Crippen molar-refractivity contribution in [2.45, 2.75) is 401 Å². The molecule has 0 aromatic rings. The number of carbonyl (C=O) groups is 1. The van der Waals surface area contributed by atoms with Crippen molar-refractivity contribution in [3.05, 3.63) is 60.8 Å². The maximum Gasteiger partial charge on any atom is 0.220 e. The van der Waals surface area contributed by atoms with Crippen LogP contribution in [0.5, 0.6) is 0 Å². The Bertz CT molecular complexity index is 1990. The van der Waals surface area contributed by atoms with Crippen LogP contribution in [0.4, 0.5) is 0 Å². The van der Waals surface area contributed by atoms with Gasteiger partial charge < -0.3 is 89.9 Å². The Morgan fingerprint density at radius 1 is 0.371 bits per heavy atom. The molecule has 0 radical (unpaired) electrons. The van der Waals surface area contributed by atoms with E-state index >= 15 is 0 Å². The molecule has 97 heavy (non-hydrogen) atoms. The lowest BCUT2D eigenvalue weighted by Crippen LogP contribution is -2.66. The first-order valence-electron chi connectivity index (χ1n) is 39.0. The molecule has 0 bridgehead atoms. The van der Waals surface area contributed by atoms with Gasteiger partial charge in [0.2, 0.25) is 5.91 Å². The van der Waals surface area contributed by atoms with Gasteiger partial charge in [0.1, 0.15) is 73.2 Å². The van der Waals surface area contributed by atoms with E-state index in [1.807, 2.05) is 6.08 Å². The van der Waals surface area contributed by atoms with E-state index in [0.717, 1.165) is 51.4 Å². The molecule has 3 aliphatic heterocycles. The maximum absolute atomic E-state index is 13.5. The summed E-state index contributed by atoms with van der Waals surface area (Å²) >= 11 is 0. The van der Waals surface area contributed by atoms with E-state index in [4.69, 9.17) is 28.4 Å². The second-order valence-corrected chi connectivity index (χ2v) is 27.8. The van der Waals surface area contributed by atoms with Gasteiger partial charge in [0, 0.05) is 6.42 Å². The van der Waals surface area contributed by atoms with E-state index < -0.39 is 124 Å². The Labute approximate surface area is 586 Å². The first-order chi connectivity index (χ1) is 47.3. The summed E-state index contributed by atoms with van der Waals surface area (Å²) in [6.07, 6.45) is 47.8. The largest absolute Gasteiger partial charge is 0.394 e. The number of hydrogen-bond donors (Lipinski definition) is 12. The van der Waals surface area contributed by atoms with Gasteiger partial charge in [-0.25, -0.2) is 0 Å². The zero-order valence-electron chi connectivity index (χ0n) is 60.3. The number of carbonyl (C=O) groups excluding carboxylic acids is 1. The molecule has 12 N–H and O–H groups in total. The molecule has 3 heterocycles. The average molecular weight is 1380 g/mol. The van der Waals surface area contributed by atoms with Crippen molar-refractivity contribution >= 4 is 5.91 Å². The lowest BCUT2D eigenvalue weighted by Gasteiger charge is -2.48. The topological polar surface area (TPSA) is 307 Å². The first-order valence-corrected chi connectivity index (χ1v) is 39.0. The molecule has 3 saturated heterocycles. The Hall–Kier alpha value is -2.51. The standard InChI is InChI=1S/C78H141NO18/c1-3-5-7-9-11-13-15-17-19-21-23-24-25-26-27-28-29-30-31-32-33-34-35-36-38-40-42-44-46-48-50-52-54-56-66(84)79-61(62(83)55-53-51-49-47-45-43-41-39-37-22-20-18-16-14-12-10-8-6-4-2)60-92-76-72(90)69(87)74(64(58-81)94-76)97-78-73(91)70(88)75(65(59-82)95-78)96-77-71(89)68(86)67(85)63(57-80)93-77/h15,17,21,23,25-26,45,47,53,55,61-65,67-78,80-83,85-91H,3-14,16,18-20,22,24,27-44,46,48-52,54,56-60H2,1-2H3,(H,79,84)/b17-15-,23-21-,26-25-,47-45+,55-53+. The number of amides is 1. The van der Waals surface area contributed by atoms with Gasteiger partial charge in [-0.05, 0) is 70.6 Å². The van der Waals surface area contributed by atoms with Crippen molar-refractivity contribution in [3.63, 3.8) is 0 Å². The van der Waals surface area contributed by atoms with Crippen LogP contribution < -0.4 is 5.32 Å². The van der Waals surface area contributed by atoms with Crippen molar-refractivity contribution in [2.75, 3.05) is 26.4 Å². The van der Waals surface area contributed by atoms with Gasteiger partial charge in [-0.15, -0.1) is 0 Å². The molecule has 3 fully saturated rings. The number of nitrogens with one attached hydrogen (secondary N) is 1. The summed E-state index contributed by atoms with van der Waals surface area (Å²) in [6, 6.07) is -0.992. The van der Waals surface area contributed by atoms with Gasteiger partial charge in [-0.2, -0.15) is 0 Å². The van der Waals surface area contributed by atoms with E-state index in [2.05, 4.69) is 67.8 Å². The predicted molar refractivity (Wildman–Crippen MR) is 383 cm³/mol. The minimum Gasteiger partial charge on any atom is -0.394 e. The van der Waals surface area contributed by atoms with Gasteiger partial charge in [0.15, 0.2) is 18.9 Å². The monoisotopic (exact) mass is 1380 g/mol. The molecule has 566 valence electrons. The highest BCUT2D eigenvalue weighted by Gasteiger charge is 2.53. The van der Waals surface area contributed by atoms with Crippen molar-refractivity contribution in [2.24, 2.45) is 0 Å². The van der Waals surface area contributed by atoms with E-state index in [0.29, 0.717) is 12.8 Å². The Balaban J connectivity index is 1.37. The minimum absolute atomic E-state index is 0.236. The number of aliphatic hydroxyl groups is 11. The number of unbranched alkanes of at least 4 members (excludes halogenated alkanes) is 37. The fourth-order valence-electron chi connectivity index (χ4n) is 13.0. The zero-order valence-corrected chi connectivity index (χ0v) is 60.3. The molecule has 1 amide bonds. The smallest absolute Gasteiger partial charge is 0.220 e. The highest BCUT2D eigenvalue weighted by atomic mass is 16.8. The van der Waals surface area contributed by atoms with Crippen LogP contribution >= 0.6 is 0 Å². The van der Waals surface area contributed by atoms with Crippen molar-refractivity contribution in [1.29, 1.82) is 0 Å². The molecule has 0 aromatic carbocycles. The van der Waals surface area contributed by atoms with Gasteiger partial charge >= 0.3 is 0 Å². The molecule has 3 aliphatic rings. The molecule has 17 atom stereocenters. The van der Waals surface area contributed by atoms with Gasteiger partial charge in [0.25, 0.3) is 0 Å². The number of aliphatic hydroxyl groups excluding tert-OH is 11. The molecule has 0 spiro atoms. The number of ether oxygens (including phenoxy) is 6. The minimum atomic E-state index is -1.98. The Morgan fingerprint density at radius 2 is 0.691 bits per heavy atom. The summed E-state index contributed by atoms with van der Waals surface area (Å²) < 4.78 is 34.4.